The Bertz CT molecular complexity index is 565. The Kier molecular flexibility index (Phi) is 4.12. The summed E-state index contributed by atoms with van der Waals surface area (Å²) in [6, 6.07) is 7.01. The lowest BCUT2D eigenvalue weighted by atomic mass is 10.2. The second-order valence-corrected chi connectivity index (χ2v) is 3.95. The van der Waals surface area contributed by atoms with Crippen LogP contribution in [0.3, 0.4) is 0 Å². The van der Waals surface area contributed by atoms with Crippen LogP contribution in [0.1, 0.15) is 23.1 Å². The number of methoxy groups -OCH3 is 1. The summed E-state index contributed by atoms with van der Waals surface area (Å²) < 4.78 is 6.97. The first-order valence-corrected chi connectivity index (χ1v) is 6.03. The first-order chi connectivity index (χ1) is 9.24. The molecule has 0 fully saturated rings. The third-order valence-electron chi connectivity index (χ3n) is 2.78. The molecule has 0 saturated heterocycles. The molecule has 1 N–H and O–H groups in total. The van der Waals surface area contributed by atoms with Gasteiger partial charge in [-0.25, -0.2) is 0 Å². The fourth-order valence-corrected chi connectivity index (χ4v) is 1.71. The van der Waals surface area contributed by atoms with Crippen LogP contribution in [0.15, 0.2) is 30.6 Å². The van der Waals surface area contributed by atoms with E-state index in [1.165, 1.54) is 0 Å². The highest BCUT2D eigenvalue weighted by Crippen LogP contribution is 2.12. The van der Waals surface area contributed by atoms with Crippen LogP contribution in [0.2, 0.25) is 0 Å². The average Bonchev–Trinajstić information content (AvgIpc) is 2.92. The van der Waals surface area contributed by atoms with Gasteiger partial charge in [-0.15, -0.1) is 10.2 Å². The summed E-state index contributed by atoms with van der Waals surface area (Å²) >= 11 is 0. The largest absolute Gasteiger partial charge is 0.497 e. The van der Waals surface area contributed by atoms with Crippen LogP contribution in [0.25, 0.3) is 0 Å². The lowest BCUT2D eigenvalue weighted by Gasteiger charge is -2.07. The van der Waals surface area contributed by atoms with Crippen molar-refractivity contribution >= 4 is 5.91 Å². The Morgan fingerprint density at radius 2 is 2.32 bits per heavy atom. The van der Waals surface area contributed by atoms with Crippen LogP contribution in [-0.2, 0) is 13.1 Å². The first-order valence-electron chi connectivity index (χ1n) is 6.03. The van der Waals surface area contributed by atoms with Gasteiger partial charge in [-0.05, 0) is 25.1 Å². The molecule has 19 heavy (non-hydrogen) atoms. The maximum Gasteiger partial charge on any atom is 0.251 e. The molecule has 1 aromatic heterocycles. The predicted molar refractivity (Wildman–Crippen MR) is 69.9 cm³/mol. The fraction of sp³-hybridized carbons (Fsp3) is 0.308. The maximum atomic E-state index is 12.0. The number of aromatic nitrogens is 3. The molecule has 100 valence electrons. The van der Waals surface area contributed by atoms with Crippen molar-refractivity contribution in [3.05, 3.63) is 42.0 Å². The summed E-state index contributed by atoms with van der Waals surface area (Å²) in [6.07, 6.45) is 1.65. The van der Waals surface area contributed by atoms with E-state index < -0.39 is 0 Å². The number of hydrogen-bond donors (Lipinski definition) is 1. The third kappa shape index (κ3) is 3.09. The molecule has 6 heteroatoms. The summed E-state index contributed by atoms with van der Waals surface area (Å²) in [5.41, 5.74) is 0.557. The van der Waals surface area contributed by atoms with Gasteiger partial charge < -0.3 is 14.6 Å². The number of nitrogens with zero attached hydrogens (tertiary/aromatic N) is 3. The van der Waals surface area contributed by atoms with Crippen LogP contribution in [0, 0.1) is 0 Å². The highest BCUT2D eigenvalue weighted by Gasteiger charge is 2.08. The summed E-state index contributed by atoms with van der Waals surface area (Å²) in [4.78, 5) is 12.0. The number of rotatable bonds is 5. The van der Waals surface area contributed by atoms with Crippen LogP contribution in [-0.4, -0.2) is 27.8 Å². The topological polar surface area (TPSA) is 69.0 Å². The van der Waals surface area contributed by atoms with Gasteiger partial charge in [-0.3, -0.25) is 4.79 Å². The van der Waals surface area contributed by atoms with E-state index in [4.69, 9.17) is 4.74 Å². The van der Waals surface area contributed by atoms with Gasteiger partial charge in [-0.2, -0.15) is 0 Å². The minimum absolute atomic E-state index is 0.162. The molecule has 0 aliphatic rings. The molecule has 0 radical (unpaired) electrons. The number of nitrogens with one attached hydrogen (secondary N) is 1. The minimum atomic E-state index is -0.162. The van der Waals surface area contributed by atoms with Crippen molar-refractivity contribution < 1.29 is 9.53 Å². The molecular formula is C13H16N4O2. The van der Waals surface area contributed by atoms with Crippen molar-refractivity contribution in [2.45, 2.75) is 20.0 Å². The molecule has 0 aliphatic heterocycles. The van der Waals surface area contributed by atoms with E-state index in [2.05, 4.69) is 15.5 Å². The van der Waals surface area contributed by atoms with Gasteiger partial charge in [0, 0.05) is 12.1 Å². The van der Waals surface area contributed by atoms with Gasteiger partial charge in [0.1, 0.15) is 12.1 Å². The Hall–Kier alpha value is -2.37. The number of amides is 1. The lowest BCUT2D eigenvalue weighted by molar-refractivity contribution is 0.0949. The molecule has 6 nitrogen and oxygen atoms in total. The summed E-state index contributed by atoms with van der Waals surface area (Å²) in [5.74, 6) is 1.23. The lowest BCUT2D eigenvalue weighted by Crippen LogP contribution is -2.24. The molecule has 0 unspecified atom stereocenters. The molecule has 0 spiro atoms. The molecule has 1 heterocycles. The molecule has 1 amide bonds. The van der Waals surface area contributed by atoms with Gasteiger partial charge in [0.05, 0.1) is 13.7 Å². The van der Waals surface area contributed by atoms with E-state index in [-0.39, 0.29) is 5.91 Å². The van der Waals surface area contributed by atoms with E-state index in [9.17, 15) is 4.79 Å². The van der Waals surface area contributed by atoms with Gasteiger partial charge in [0.15, 0.2) is 5.82 Å². The maximum absolute atomic E-state index is 12.0. The van der Waals surface area contributed by atoms with Crippen LogP contribution in [0.4, 0.5) is 0 Å². The van der Waals surface area contributed by atoms with Gasteiger partial charge in [0.2, 0.25) is 0 Å². The standard InChI is InChI=1S/C13H16N4O2/c1-3-17-9-15-16-12(17)8-14-13(18)10-5-4-6-11(7-10)19-2/h4-7,9H,3,8H2,1-2H3,(H,14,18). The smallest absolute Gasteiger partial charge is 0.251 e. The number of hydrogen-bond acceptors (Lipinski definition) is 4. The zero-order chi connectivity index (χ0) is 13.7. The number of carbonyl (C=O) groups excluding carboxylic acids is 1. The van der Waals surface area contributed by atoms with E-state index in [0.717, 1.165) is 12.4 Å². The van der Waals surface area contributed by atoms with Gasteiger partial charge >= 0.3 is 0 Å². The van der Waals surface area contributed by atoms with E-state index >= 15 is 0 Å². The number of ether oxygens (including phenoxy) is 1. The predicted octanol–water partition coefficient (Wildman–Crippen LogP) is 1.24. The highest BCUT2D eigenvalue weighted by molar-refractivity contribution is 5.94. The Morgan fingerprint density at radius 3 is 3.05 bits per heavy atom. The molecule has 0 aliphatic carbocycles. The van der Waals surface area contributed by atoms with Gasteiger partial charge in [0.25, 0.3) is 5.91 Å². The molecule has 0 saturated carbocycles. The molecular weight excluding hydrogens is 244 g/mol. The Labute approximate surface area is 111 Å². The quantitative estimate of drug-likeness (QED) is 0.878. The van der Waals surface area contributed by atoms with Crippen molar-refractivity contribution in [2.75, 3.05) is 7.11 Å². The zero-order valence-electron chi connectivity index (χ0n) is 11.0. The van der Waals surface area contributed by atoms with Crippen molar-refractivity contribution in [1.82, 2.24) is 20.1 Å². The first kappa shape index (κ1) is 13.1. The van der Waals surface area contributed by atoms with E-state index in [1.54, 1.807) is 37.7 Å². The Balaban J connectivity index is 2.01. The van der Waals surface area contributed by atoms with E-state index in [1.807, 2.05) is 11.5 Å². The second kappa shape index (κ2) is 5.99. The molecule has 0 bridgehead atoms. The molecule has 2 rings (SSSR count). The SMILES string of the molecule is CCn1cnnc1CNC(=O)c1cccc(OC)c1. The van der Waals surface area contributed by atoms with Crippen molar-refractivity contribution in [3.63, 3.8) is 0 Å². The number of benzene rings is 1. The highest BCUT2D eigenvalue weighted by atomic mass is 16.5. The summed E-state index contributed by atoms with van der Waals surface area (Å²) in [7, 11) is 1.57. The minimum Gasteiger partial charge on any atom is -0.497 e. The third-order valence-corrected chi connectivity index (χ3v) is 2.78. The van der Waals surface area contributed by atoms with Crippen molar-refractivity contribution in [3.8, 4) is 5.75 Å². The molecule has 2 aromatic rings. The number of aryl methyl sites for hydroxylation is 1. The normalized spacial score (nSPS) is 10.2. The van der Waals surface area contributed by atoms with Crippen LogP contribution in [0.5, 0.6) is 5.75 Å². The molecule has 1 aromatic carbocycles. The van der Waals surface area contributed by atoms with E-state index in [0.29, 0.717) is 17.9 Å². The van der Waals surface area contributed by atoms with Crippen molar-refractivity contribution in [1.29, 1.82) is 0 Å². The summed E-state index contributed by atoms with van der Waals surface area (Å²) in [6.45, 7) is 3.12. The Morgan fingerprint density at radius 1 is 1.47 bits per heavy atom. The zero-order valence-corrected chi connectivity index (χ0v) is 11.0. The second-order valence-electron chi connectivity index (χ2n) is 3.95. The van der Waals surface area contributed by atoms with Crippen molar-refractivity contribution in [2.24, 2.45) is 0 Å². The molecule has 0 atom stereocenters. The summed E-state index contributed by atoms with van der Waals surface area (Å²) in [5, 5.41) is 10.6. The fourth-order valence-electron chi connectivity index (χ4n) is 1.71. The number of carbonyl (C=O) groups is 1. The van der Waals surface area contributed by atoms with Crippen LogP contribution < -0.4 is 10.1 Å². The van der Waals surface area contributed by atoms with Gasteiger partial charge in [-0.1, -0.05) is 6.07 Å². The van der Waals surface area contributed by atoms with Crippen LogP contribution >= 0.6 is 0 Å². The monoisotopic (exact) mass is 260 g/mol. The average molecular weight is 260 g/mol.